The first kappa shape index (κ1) is 19.7. The molecule has 0 saturated heterocycles. The SMILES string of the molecule is Cc1cc(NC(=O)CCc2ccc(C(C)(C)C)cc2)cnc1-c1ccncc1. The summed E-state index contributed by atoms with van der Waals surface area (Å²) < 4.78 is 0. The number of nitrogens with zero attached hydrogens (tertiary/aromatic N) is 2. The summed E-state index contributed by atoms with van der Waals surface area (Å²) in [5, 5.41) is 2.95. The van der Waals surface area contributed by atoms with E-state index >= 15 is 0 Å². The van der Waals surface area contributed by atoms with Crippen LogP contribution in [0.15, 0.2) is 61.1 Å². The second kappa shape index (κ2) is 8.34. The first-order chi connectivity index (χ1) is 13.3. The molecule has 1 N–H and O–H groups in total. The van der Waals surface area contributed by atoms with Crippen molar-refractivity contribution in [2.75, 3.05) is 5.32 Å². The molecule has 2 heterocycles. The van der Waals surface area contributed by atoms with Gasteiger partial charge in [-0.3, -0.25) is 14.8 Å². The number of amides is 1. The van der Waals surface area contributed by atoms with Gasteiger partial charge in [0.15, 0.2) is 0 Å². The van der Waals surface area contributed by atoms with E-state index in [2.05, 4.69) is 60.3 Å². The number of aromatic nitrogens is 2. The lowest BCUT2D eigenvalue weighted by Gasteiger charge is -2.19. The lowest BCUT2D eigenvalue weighted by Crippen LogP contribution is -2.13. The minimum absolute atomic E-state index is 0.00207. The van der Waals surface area contributed by atoms with Crippen molar-refractivity contribution in [2.24, 2.45) is 0 Å². The Morgan fingerprint density at radius 3 is 2.32 bits per heavy atom. The molecule has 0 aliphatic heterocycles. The maximum Gasteiger partial charge on any atom is 0.224 e. The molecule has 0 aliphatic carbocycles. The van der Waals surface area contributed by atoms with Gasteiger partial charge in [0.1, 0.15) is 0 Å². The highest BCUT2D eigenvalue weighted by Crippen LogP contribution is 2.24. The van der Waals surface area contributed by atoms with Gasteiger partial charge in [-0.2, -0.15) is 0 Å². The van der Waals surface area contributed by atoms with Crippen molar-refractivity contribution in [3.63, 3.8) is 0 Å². The zero-order valence-corrected chi connectivity index (χ0v) is 17.0. The Balaban J connectivity index is 1.58. The van der Waals surface area contributed by atoms with Crippen LogP contribution in [0, 0.1) is 6.92 Å². The molecule has 3 rings (SSSR count). The van der Waals surface area contributed by atoms with E-state index in [0.29, 0.717) is 6.42 Å². The normalized spacial score (nSPS) is 11.3. The van der Waals surface area contributed by atoms with Crippen LogP contribution in [0.25, 0.3) is 11.3 Å². The average Bonchev–Trinajstić information content (AvgIpc) is 2.67. The summed E-state index contributed by atoms with van der Waals surface area (Å²) in [5.74, 6) is -0.00207. The van der Waals surface area contributed by atoms with E-state index in [0.717, 1.165) is 28.9 Å². The number of benzene rings is 1. The van der Waals surface area contributed by atoms with Gasteiger partial charge in [0.25, 0.3) is 0 Å². The number of nitrogens with one attached hydrogen (secondary N) is 1. The molecule has 1 aromatic carbocycles. The Morgan fingerprint density at radius 1 is 1.04 bits per heavy atom. The van der Waals surface area contributed by atoms with Gasteiger partial charge in [-0.05, 0) is 53.6 Å². The lowest BCUT2D eigenvalue weighted by atomic mass is 9.86. The summed E-state index contributed by atoms with van der Waals surface area (Å²) in [6, 6.07) is 14.3. The second-order valence-electron chi connectivity index (χ2n) is 8.12. The molecule has 144 valence electrons. The molecule has 0 spiro atoms. The number of hydrogen-bond acceptors (Lipinski definition) is 3. The van der Waals surface area contributed by atoms with E-state index in [-0.39, 0.29) is 11.3 Å². The van der Waals surface area contributed by atoms with Crippen molar-refractivity contribution in [1.82, 2.24) is 9.97 Å². The van der Waals surface area contributed by atoms with E-state index < -0.39 is 0 Å². The maximum atomic E-state index is 12.3. The van der Waals surface area contributed by atoms with Gasteiger partial charge in [0.2, 0.25) is 5.91 Å². The molecule has 3 aromatic rings. The van der Waals surface area contributed by atoms with Crippen molar-refractivity contribution in [2.45, 2.75) is 46.0 Å². The maximum absolute atomic E-state index is 12.3. The van der Waals surface area contributed by atoms with Crippen molar-refractivity contribution in [1.29, 1.82) is 0 Å². The standard InChI is InChI=1S/C24H27N3O/c1-17-15-21(16-26-23(17)19-11-13-25-14-12-19)27-22(28)10-7-18-5-8-20(9-6-18)24(2,3)4/h5-6,8-9,11-16H,7,10H2,1-4H3,(H,27,28). The molecule has 4 heteroatoms. The third-order valence-electron chi connectivity index (χ3n) is 4.78. The molecule has 28 heavy (non-hydrogen) atoms. The zero-order chi connectivity index (χ0) is 20.1. The monoisotopic (exact) mass is 373 g/mol. The van der Waals surface area contributed by atoms with E-state index in [1.165, 1.54) is 11.1 Å². The van der Waals surface area contributed by atoms with Crippen LogP contribution in [-0.4, -0.2) is 15.9 Å². The van der Waals surface area contributed by atoms with Crippen LogP contribution >= 0.6 is 0 Å². The fourth-order valence-electron chi connectivity index (χ4n) is 3.11. The third kappa shape index (κ3) is 5.03. The van der Waals surface area contributed by atoms with Gasteiger partial charge in [-0.25, -0.2) is 0 Å². The summed E-state index contributed by atoms with van der Waals surface area (Å²) in [4.78, 5) is 20.9. The van der Waals surface area contributed by atoms with Crippen LogP contribution in [0.5, 0.6) is 0 Å². The predicted molar refractivity (Wildman–Crippen MR) is 114 cm³/mol. The largest absolute Gasteiger partial charge is 0.325 e. The first-order valence-electron chi connectivity index (χ1n) is 9.59. The molecule has 0 bridgehead atoms. The second-order valence-corrected chi connectivity index (χ2v) is 8.12. The van der Waals surface area contributed by atoms with Crippen molar-refractivity contribution >= 4 is 11.6 Å². The number of rotatable bonds is 5. The number of pyridine rings is 2. The Hall–Kier alpha value is -3.01. The van der Waals surface area contributed by atoms with Crippen molar-refractivity contribution in [3.8, 4) is 11.3 Å². The summed E-state index contributed by atoms with van der Waals surface area (Å²) in [7, 11) is 0. The molecule has 4 nitrogen and oxygen atoms in total. The number of aryl methyl sites for hydroxylation is 2. The van der Waals surface area contributed by atoms with Gasteiger partial charge in [0.05, 0.1) is 17.6 Å². The minimum atomic E-state index is -0.00207. The van der Waals surface area contributed by atoms with Gasteiger partial charge >= 0.3 is 0 Å². The van der Waals surface area contributed by atoms with Gasteiger partial charge in [-0.15, -0.1) is 0 Å². The van der Waals surface area contributed by atoms with E-state index in [4.69, 9.17) is 0 Å². The number of hydrogen-bond donors (Lipinski definition) is 1. The van der Waals surface area contributed by atoms with Crippen LogP contribution in [0.2, 0.25) is 0 Å². The topological polar surface area (TPSA) is 54.9 Å². The lowest BCUT2D eigenvalue weighted by molar-refractivity contribution is -0.116. The van der Waals surface area contributed by atoms with Crippen LogP contribution in [-0.2, 0) is 16.6 Å². The molecule has 2 aromatic heterocycles. The predicted octanol–water partition coefficient (Wildman–Crippen LogP) is 5.32. The Bertz CT molecular complexity index is 942. The summed E-state index contributed by atoms with van der Waals surface area (Å²) >= 11 is 0. The Labute approximate surface area is 167 Å². The molecule has 0 saturated carbocycles. The summed E-state index contributed by atoms with van der Waals surface area (Å²) in [5.41, 5.74) is 6.28. The number of carbonyl (C=O) groups excluding carboxylic acids is 1. The molecule has 1 amide bonds. The highest BCUT2D eigenvalue weighted by atomic mass is 16.1. The molecule has 0 unspecified atom stereocenters. The first-order valence-corrected chi connectivity index (χ1v) is 9.59. The molecule has 0 fully saturated rings. The van der Waals surface area contributed by atoms with Crippen molar-refractivity contribution < 1.29 is 4.79 Å². The van der Waals surface area contributed by atoms with Crippen LogP contribution in [0.1, 0.15) is 43.9 Å². The fraction of sp³-hybridized carbons (Fsp3) is 0.292. The number of anilines is 1. The molecular formula is C24H27N3O. The third-order valence-corrected chi connectivity index (χ3v) is 4.78. The van der Waals surface area contributed by atoms with E-state index in [1.807, 2.05) is 25.1 Å². The van der Waals surface area contributed by atoms with E-state index in [9.17, 15) is 4.79 Å². The highest BCUT2D eigenvalue weighted by molar-refractivity contribution is 5.91. The molecule has 0 atom stereocenters. The fourth-order valence-corrected chi connectivity index (χ4v) is 3.11. The number of carbonyl (C=O) groups is 1. The van der Waals surface area contributed by atoms with Gasteiger partial charge in [-0.1, -0.05) is 45.0 Å². The van der Waals surface area contributed by atoms with E-state index in [1.54, 1.807) is 18.6 Å². The van der Waals surface area contributed by atoms with Crippen LogP contribution in [0.3, 0.4) is 0 Å². The highest BCUT2D eigenvalue weighted by Gasteiger charge is 2.13. The minimum Gasteiger partial charge on any atom is -0.325 e. The van der Waals surface area contributed by atoms with Crippen LogP contribution < -0.4 is 5.32 Å². The Morgan fingerprint density at radius 2 is 1.71 bits per heavy atom. The van der Waals surface area contributed by atoms with Gasteiger partial charge < -0.3 is 5.32 Å². The van der Waals surface area contributed by atoms with Gasteiger partial charge in [0, 0.05) is 24.4 Å². The average molecular weight is 374 g/mol. The molecule has 0 radical (unpaired) electrons. The van der Waals surface area contributed by atoms with Crippen molar-refractivity contribution in [3.05, 3.63) is 77.7 Å². The summed E-state index contributed by atoms with van der Waals surface area (Å²) in [6.45, 7) is 8.59. The molecule has 0 aliphatic rings. The van der Waals surface area contributed by atoms with Crippen LogP contribution in [0.4, 0.5) is 5.69 Å². The quantitative estimate of drug-likeness (QED) is 0.658. The summed E-state index contributed by atoms with van der Waals surface area (Å²) in [6.07, 6.45) is 6.37. The molecular weight excluding hydrogens is 346 g/mol. The zero-order valence-electron chi connectivity index (χ0n) is 17.0. The Kier molecular flexibility index (Phi) is 5.88. The smallest absolute Gasteiger partial charge is 0.224 e.